The van der Waals surface area contributed by atoms with Crippen LogP contribution in [0, 0.1) is 0 Å². The monoisotopic (exact) mass is 299 g/mol. The Kier molecular flexibility index (Phi) is 13.6. The maximum atomic E-state index is 11.5. The fourth-order valence-corrected chi connectivity index (χ4v) is 1.94. The summed E-state index contributed by atoms with van der Waals surface area (Å²) < 4.78 is 0. The fraction of sp³-hybridized carbons (Fsp3) is 0.917. The number of nitrogens with zero attached hydrogens (tertiary/aromatic N) is 1. The topological polar surface area (TPSA) is 44.4 Å². The number of amides is 1. The summed E-state index contributed by atoms with van der Waals surface area (Å²) in [5.41, 5.74) is 0. The van der Waals surface area contributed by atoms with Crippen molar-refractivity contribution in [1.82, 2.24) is 15.5 Å². The van der Waals surface area contributed by atoms with Crippen molar-refractivity contribution in [3.05, 3.63) is 0 Å². The van der Waals surface area contributed by atoms with Crippen LogP contribution >= 0.6 is 24.8 Å². The van der Waals surface area contributed by atoms with Gasteiger partial charge in [-0.05, 0) is 39.4 Å². The van der Waals surface area contributed by atoms with Crippen molar-refractivity contribution in [2.75, 3.05) is 33.2 Å². The van der Waals surface area contributed by atoms with E-state index in [1.54, 1.807) is 0 Å². The summed E-state index contributed by atoms with van der Waals surface area (Å²) in [6.45, 7) is 5.97. The number of nitrogens with one attached hydrogen (secondary N) is 2. The van der Waals surface area contributed by atoms with Gasteiger partial charge >= 0.3 is 0 Å². The highest BCUT2D eigenvalue weighted by Gasteiger charge is 2.14. The third-order valence-corrected chi connectivity index (χ3v) is 3.24. The van der Waals surface area contributed by atoms with Gasteiger partial charge < -0.3 is 15.5 Å². The number of hydrogen-bond donors (Lipinski definition) is 2. The second-order valence-electron chi connectivity index (χ2n) is 4.58. The van der Waals surface area contributed by atoms with Crippen molar-refractivity contribution >= 4 is 30.7 Å². The van der Waals surface area contributed by atoms with Gasteiger partial charge in [-0.3, -0.25) is 4.79 Å². The average molecular weight is 300 g/mol. The summed E-state index contributed by atoms with van der Waals surface area (Å²) in [5.74, 6) is 0.193. The van der Waals surface area contributed by atoms with Crippen molar-refractivity contribution < 1.29 is 4.79 Å². The molecular formula is C12H27Cl2N3O. The number of rotatable bonds is 7. The Bertz CT molecular complexity index is 211. The molecule has 0 aromatic carbocycles. The summed E-state index contributed by atoms with van der Waals surface area (Å²) in [6, 6.07) is 0.573. The molecule has 0 spiro atoms. The lowest BCUT2D eigenvalue weighted by molar-refractivity contribution is -0.121. The minimum absolute atomic E-state index is 0. The van der Waals surface area contributed by atoms with Crippen LogP contribution in [0.1, 0.15) is 32.6 Å². The van der Waals surface area contributed by atoms with E-state index in [-0.39, 0.29) is 30.7 Å². The smallest absolute Gasteiger partial charge is 0.220 e. The minimum atomic E-state index is 0. The molecule has 2 N–H and O–H groups in total. The van der Waals surface area contributed by atoms with Gasteiger partial charge in [-0.15, -0.1) is 24.8 Å². The molecule has 1 aliphatic heterocycles. The number of carbonyl (C=O) groups excluding carboxylic acids is 1. The third kappa shape index (κ3) is 8.97. The zero-order valence-electron chi connectivity index (χ0n) is 11.4. The lowest BCUT2D eigenvalue weighted by Gasteiger charge is -2.14. The molecule has 0 aromatic heterocycles. The van der Waals surface area contributed by atoms with Gasteiger partial charge in [0.05, 0.1) is 0 Å². The van der Waals surface area contributed by atoms with Crippen LogP contribution < -0.4 is 10.6 Å². The molecule has 1 amide bonds. The molecule has 1 rings (SSSR count). The van der Waals surface area contributed by atoms with Crippen LogP contribution in [0.5, 0.6) is 0 Å². The van der Waals surface area contributed by atoms with Crippen LogP contribution in [-0.2, 0) is 4.79 Å². The number of likely N-dealkylation sites (N-methyl/N-ethyl adjacent to an activating group) is 1. The maximum absolute atomic E-state index is 11.5. The normalized spacial score (nSPS) is 18.1. The van der Waals surface area contributed by atoms with E-state index in [2.05, 4.69) is 29.5 Å². The number of hydrogen-bond acceptors (Lipinski definition) is 3. The molecule has 1 saturated heterocycles. The Morgan fingerprint density at radius 3 is 2.72 bits per heavy atom. The summed E-state index contributed by atoms with van der Waals surface area (Å²) >= 11 is 0. The zero-order valence-corrected chi connectivity index (χ0v) is 13.0. The van der Waals surface area contributed by atoms with E-state index in [1.165, 1.54) is 12.8 Å². The van der Waals surface area contributed by atoms with E-state index in [0.717, 1.165) is 32.6 Å². The van der Waals surface area contributed by atoms with E-state index in [0.29, 0.717) is 12.5 Å². The Hall–Kier alpha value is -0.0300. The molecule has 1 aliphatic rings. The molecule has 1 fully saturated rings. The van der Waals surface area contributed by atoms with Crippen LogP contribution in [0.25, 0.3) is 0 Å². The van der Waals surface area contributed by atoms with Gasteiger partial charge in [-0.2, -0.15) is 0 Å². The fourth-order valence-electron chi connectivity index (χ4n) is 1.94. The molecule has 6 heteroatoms. The first-order chi connectivity index (χ1) is 7.72. The first-order valence-corrected chi connectivity index (χ1v) is 6.41. The summed E-state index contributed by atoms with van der Waals surface area (Å²) in [6.07, 6.45) is 4.13. The molecule has 0 aliphatic carbocycles. The van der Waals surface area contributed by atoms with Gasteiger partial charge in [-0.1, -0.05) is 6.92 Å². The molecule has 1 unspecified atom stereocenters. The molecule has 0 radical (unpaired) electrons. The lowest BCUT2D eigenvalue weighted by Crippen LogP contribution is -2.33. The highest BCUT2D eigenvalue weighted by molar-refractivity contribution is 5.85. The average Bonchev–Trinajstić information content (AvgIpc) is 2.79. The van der Waals surface area contributed by atoms with E-state index in [4.69, 9.17) is 0 Å². The Labute approximate surface area is 123 Å². The summed E-state index contributed by atoms with van der Waals surface area (Å²) in [5, 5.41) is 6.37. The quantitative estimate of drug-likeness (QED) is 0.747. The van der Waals surface area contributed by atoms with Crippen LogP contribution in [0.3, 0.4) is 0 Å². The second kappa shape index (κ2) is 12.0. The highest BCUT2D eigenvalue weighted by atomic mass is 35.5. The molecular weight excluding hydrogens is 273 g/mol. The van der Waals surface area contributed by atoms with Crippen molar-refractivity contribution in [1.29, 1.82) is 0 Å². The predicted octanol–water partition coefficient (Wildman–Crippen LogP) is 1.43. The number of carbonyl (C=O) groups is 1. The summed E-state index contributed by atoms with van der Waals surface area (Å²) in [4.78, 5) is 13.7. The first kappa shape index (κ1) is 20.3. The first-order valence-electron chi connectivity index (χ1n) is 6.41. The molecule has 1 heterocycles. The van der Waals surface area contributed by atoms with E-state index >= 15 is 0 Å². The SMILES string of the molecule is CCN(C)CCNC(=O)CCC1CCCN1.Cl.Cl. The van der Waals surface area contributed by atoms with Crippen LogP contribution in [0.4, 0.5) is 0 Å². The van der Waals surface area contributed by atoms with E-state index in [1.807, 2.05) is 0 Å². The van der Waals surface area contributed by atoms with Gasteiger partial charge in [0.2, 0.25) is 5.91 Å². The Morgan fingerprint density at radius 1 is 1.44 bits per heavy atom. The van der Waals surface area contributed by atoms with Gasteiger partial charge in [-0.25, -0.2) is 0 Å². The molecule has 18 heavy (non-hydrogen) atoms. The predicted molar refractivity (Wildman–Crippen MR) is 80.9 cm³/mol. The number of halogens is 2. The van der Waals surface area contributed by atoms with Gasteiger partial charge in [0.15, 0.2) is 0 Å². The van der Waals surface area contributed by atoms with Gasteiger partial charge in [0.25, 0.3) is 0 Å². The van der Waals surface area contributed by atoms with Crippen molar-refractivity contribution in [3.63, 3.8) is 0 Å². The summed E-state index contributed by atoms with van der Waals surface area (Å²) in [7, 11) is 2.06. The Morgan fingerprint density at radius 2 is 2.17 bits per heavy atom. The van der Waals surface area contributed by atoms with Crippen molar-refractivity contribution in [3.8, 4) is 0 Å². The van der Waals surface area contributed by atoms with E-state index in [9.17, 15) is 4.79 Å². The van der Waals surface area contributed by atoms with E-state index < -0.39 is 0 Å². The van der Waals surface area contributed by atoms with Crippen LogP contribution in [0.15, 0.2) is 0 Å². The molecule has 110 valence electrons. The molecule has 0 aromatic rings. The lowest BCUT2D eigenvalue weighted by atomic mass is 10.1. The largest absolute Gasteiger partial charge is 0.355 e. The van der Waals surface area contributed by atoms with Crippen molar-refractivity contribution in [2.45, 2.75) is 38.6 Å². The maximum Gasteiger partial charge on any atom is 0.220 e. The second-order valence-corrected chi connectivity index (χ2v) is 4.58. The molecule has 1 atom stereocenters. The van der Waals surface area contributed by atoms with Gasteiger partial charge in [0, 0.05) is 25.6 Å². The Balaban J connectivity index is 0. The standard InChI is InChI=1S/C12H25N3O.2ClH/c1-3-15(2)10-9-14-12(16)7-6-11-5-4-8-13-11;;/h11,13H,3-10H2,1-2H3,(H,14,16);2*1H. The molecule has 0 saturated carbocycles. The van der Waals surface area contributed by atoms with Gasteiger partial charge in [0.1, 0.15) is 0 Å². The highest BCUT2D eigenvalue weighted by Crippen LogP contribution is 2.10. The molecule has 4 nitrogen and oxygen atoms in total. The van der Waals surface area contributed by atoms with Crippen LogP contribution in [0.2, 0.25) is 0 Å². The van der Waals surface area contributed by atoms with Crippen LogP contribution in [-0.4, -0.2) is 50.1 Å². The third-order valence-electron chi connectivity index (χ3n) is 3.24. The van der Waals surface area contributed by atoms with Crippen molar-refractivity contribution in [2.24, 2.45) is 0 Å². The molecule has 0 bridgehead atoms. The minimum Gasteiger partial charge on any atom is -0.355 e. The zero-order chi connectivity index (χ0) is 11.8.